The average Bonchev–Trinajstić information content (AvgIpc) is 3.75. The van der Waals surface area contributed by atoms with E-state index in [4.69, 9.17) is 23.2 Å². The number of carboxylic acids is 1. The van der Waals surface area contributed by atoms with Gasteiger partial charge in [-0.25, -0.2) is 12.7 Å². The van der Waals surface area contributed by atoms with Gasteiger partial charge in [0.2, 0.25) is 15.9 Å². The summed E-state index contributed by atoms with van der Waals surface area (Å²) in [6, 6.07) is 14.1. The van der Waals surface area contributed by atoms with Crippen molar-refractivity contribution in [2.75, 3.05) is 13.6 Å². The molecule has 2 aromatic carbocycles. The molecule has 4 rings (SSSR count). The van der Waals surface area contributed by atoms with Crippen LogP contribution < -0.4 is 0 Å². The monoisotopic (exact) mass is 594 g/mol. The largest absolute Gasteiger partial charge is 0.481 e. The smallest absolute Gasteiger partial charge is 0.303 e. The fourth-order valence-electron chi connectivity index (χ4n) is 5.83. The zero-order valence-electron chi connectivity index (χ0n) is 22.5. The molecule has 1 saturated heterocycles. The van der Waals surface area contributed by atoms with E-state index >= 15 is 0 Å². The highest BCUT2D eigenvalue weighted by Gasteiger charge is 2.52. The van der Waals surface area contributed by atoms with Gasteiger partial charge in [-0.3, -0.25) is 9.59 Å². The molecule has 39 heavy (non-hydrogen) atoms. The van der Waals surface area contributed by atoms with Gasteiger partial charge in [0.15, 0.2) is 0 Å². The number of benzene rings is 2. The lowest BCUT2D eigenvalue weighted by atomic mass is 9.66. The van der Waals surface area contributed by atoms with Crippen LogP contribution in [0.25, 0.3) is 0 Å². The van der Waals surface area contributed by atoms with E-state index in [0.717, 1.165) is 11.1 Å². The first-order valence-corrected chi connectivity index (χ1v) is 15.6. The highest BCUT2D eigenvalue weighted by Crippen LogP contribution is 2.52. The molecule has 0 spiro atoms. The number of rotatable bonds is 11. The lowest BCUT2D eigenvalue weighted by Gasteiger charge is -2.52. The maximum atomic E-state index is 14.4. The van der Waals surface area contributed by atoms with Crippen molar-refractivity contribution in [2.45, 2.75) is 75.6 Å². The number of hydrogen-bond donors (Lipinski definition) is 1. The Kier molecular flexibility index (Phi) is 9.01. The first-order chi connectivity index (χ1) is 18.4. The minimum Gasteiger partial charge on any atom is -0.481 e. The zero-order chi connectivity index (χ0) is 28.5. The van der Waals surface area contributed by atoms with Gasteiger partial charge in [-0.2, -0.15) is 0 Å². The molecule has 1 heterocycles. The second-order valence-electron chi connectivity index (χ2n) is 11.1. The minimum absolute atomic E-state index is 0.142. The Labute approximate surface area is 241 Å². The summed E-state index contributed by atoms with van der Waals surface area (Å²) in [4.78, 5) is 27.9. The maximum Gasteiger partial charge on any atom is 0.303 e. The number of nitrogens with zero attached hydrogens (tertiary/aromatic N) is 2. The molecule has 1 aliphatic heterocycles. The zero-order valence-corrected chi connectivity index (χ0v) is 24.8. The van der Waals surface area contributed by atoms with Gasteiger partial charge in [-0.05, 0) is 67.5 Å². The molecule has 4 atom stereocenters. The van der Waals surface area contributed by atoms with E-state index in [2.05, 4.69) is 0 Å². The van der Waals surface area contributed by atoms with E-state index in [1.165, 1.54) is 4.31 Å². The number of carbonyl (C=O) groups excluding carboxylic acids is 1. The van der Waals surface area contributed by atoms with Gasteiger partial charge in [-0.15, -0.1) is 0 Å². The average molecular weight is 596 g/mol. The molecule has 2 aliphatic rings. The van der Waals surface area contributed by atoms with E-state index in [9.17, 15) is 23.1 Å². The summed E-state index contributed by atoms with van der Waals surface area (Å²) in [5.41, 5.74) is 0.856. The highest BCUT2D eigenvalue weighted by molar-refractivity contribution is 7.90. The van der Waals surface area contributed by atoms with Gasteiger partial charge in [0, 0.05) is 47.4 Å². The van der Waals surface area contributed by atoms with Crippen LogP contribution in [0, 0.1) is 5.41 Å². The van der Waals surface area contributed by atoms with Gasteiger partial charge in [0.1, 0.15) is 0 Å². The van der Waals surface area contributed by atoms with Gasteiger partial charge in [-0.1, -0.05) is 61.3 Å². The van der Waals surface area contributed by atoms with Crippen molar-refractivity contribution in [3.05, 3.63) is 69.7 Å². The number of hydrogen-bond acceptors (Lipinski definition) is 4. The number of piperidine rings is 1. The van der Waals surface area contributed by atoms with Crippen molar-refractivity contribution in [2.24, 2.45) is 5.41 Å². The molecule has 0 bridgehead atoms. The van der Waals surface area contributed by atoms with Gasteiger partial charge >= 0.3 is 5.97 Å². The summed E-state index contributed by atoms with van der Waals surface area (Å²) in [6.45, 7) is 3.94. The quantitative estimate of drug-likeness (QED) is 0.338. The minimum atomic E-state index is -3.45. The van der Waals surface area contributed by atoms with Crippen LogP contribution in [0.4, 0.5) is 0 Å². The Morgan fingerprint density at radius 2 is 1.79 bits per heavy atom. The van der Waals surface area contributed by atoms with Crippen molar-refractivity contribution in [1.29, 1.82) is 0 Å². The molecule has 1 aliphatic carbocycles. The summed E-state index contributed by atoms with van der Waals surface area (Å²) >= 11 is 12.6. The topological polar surface area (TPSA) is 95.0 Å². The normalized spacial score (nSPS) is 24.7. The van der Waals surface area contributed by atoms with Crippen LogP contribution in [0.1, 0.15) is 75.5 Å². The molecule has 1 amide bonds. The molecular weight excluding hydrogens is 559 g/mol. The van der Waals surface area contributed by atoms with Crippen molar-refractivity contribution in [3.63, 3.8) is 0 Å². The van der Waals surface area contributed by atoms with Crippen LogP contribution in [-0.2, 0) is 19.6 Å². The van der Waals surface area contributed by atoms with Crippen molar-refractivity contribution in [1.82, 2.24) is 9.21 Å². The lowest BCUT2D eigenvalue weighted by molar-refractivity contribution is -0.156. The lowest BCUT2D eigenvalue weighted by Crippen LogP contribution is -2.58. The van der Waals surface area contributed by atoms with Crippen LogP contribution in [0.15, 0.2) is 48.5 Å². The number of amides is 1. The summed E-state index contributed by atoms with van der Waals surface area (Å²) < 4.78 is 27.5. The summed E-state index contributed by atoms with van der Waals surface area (Å²) in [6.07, 6.45) is 2.30. The fourth-order valence-corrected chi connectivity index (χ4v) is 7.77. The second-order valence-corrected chi connectivity index (χ2v) is 14.3. The predicted molar refractivity (Wildman–Crippen MR) is 153 cm³/mol. The SMILES string of the molecule is CCC(CN(C)S(=O)(=O)C1CC1)N1C(=O)[C@@](C)(CCC(=O)O)C[C@H](c2cccc(Cl)c2)[C@H]1c1ccc(Cl)cc1. The first-order valence-electron chi connectivity index (χ1n) is 13.4. The molecule has 1 N–H and O–H groups in total. The molecule has 2 fully saturated rings. The van der Waals surface area contributed by atoms with Gasteiger partial charge < -0.3 is 10.0 Å². The molecule has 0 aromatic heterocycles. The molecule has 10 heteroatoms. The van der Waals surface area contributed by atoms with Crippen LogP contribution >= 0.6 is 23.2 Å². The highest BCUT2D eigenvalue weighted by atomic mass is 35.5. The third kappa shape index (κ3) is 6.45. The number of sulfonamides is 1. The van der Waals surface area contributed by atoms with Crippen molar-refractivity contribution >= 4 is 45.1 Å². The first kappa shape index (κ1) is 29.8. The maximum absolute atomic E-state index is 14.4. The Hall–Kier alpha value is -2.13. The summed E-state index contributed by atoms with van der Waals surface area (Å²) in [5.74, 6) is -1.33. The standard InChI is InChI=1S/C29H36Cl2N2O5S/c1-4-23(18-32(3)39(37,38)24-12-13-24)33-27(19-8-10-21(30)11-9-19)25(20-6-5-7-22(31)16-20)17-29(2,28(33)36)15-14-26(34)35/h5-11,16,23-25,27H,4,12-15,17-18H2,1-3H3,(H,34,35)/t23?,25-,27-,29+/m1/s1. The van der Waals surface area contributed by atoms with E-state index in [1.54, 1.807) is 25.2 Å². The molecular formula is C29H36Cl2N2O5S. The van der Waals surface area contributed by atoms with Crippen molar-refractivity contribution in [3.8, 4) is 0 Å². The molecule has 0 radical (unpaired) electrons. The summed E-state index contributed by atoms with van der Waals surface area (Å²) in [5, 5.41) is 10.3. The number of likely N-dealkylation sites (tertiary alicyclic amines) is 1. The third-order valence-electron chi connectivity index (χ3n) is 8.19. The van der Waals surface area contributed by atoms with Crippen LogP contribution in [-0.4, -0.2) is 59.5 Å². The Morgan fingerprint density at radius 1 is 1.13 bits per heavy atom. The van der Waals surface area contributed by atoms with E-state index in [-0.39, 0.29) is 36.5 Å². The number of carboxylic acid groups (broad SMARTS) is 1. The number of carbonyl (C=O) groups is 2. The number of aliphatic carboxylic acids is 1. The van der Waals surface area contributed by atoms with Crippen LogP contribution in [0.2, 0.25) is 10.0 Å². The molecule has 1 saturated carbocycles. The molecule has 212 valence electrons. The number of likely N-dealkylation sites (N-methyl/N-ethyl adjacent to an activating group) is 1. The van der Waals surface area contributed by atoms with E-state index in [0.29, 0.717) is 35.7 Å². The molecule has 2 aromatic rings. The summed E-state index contributed by atoms with van der Waals surface area (Å²) in [7, 11) is -1.87. The van der Waals surface area contributed by atoms with Crippen molar-refractivity contribution < 1.29 is 23.1 Å². The Balaban J connectivity index is 1.85. The second kappa shape index (κ2) is 11.8. The predicted octanol–water partition coefficient (Wildman–Crippen LogP) is 6.12. The Bertz CT molecular complexity index is 1320. The Morgan fingerprint density at radius 3 is 2.36 bits per heavy atom. The van der Waals surface area contributed by atoms with Gasteiger partial charge in [0.05, 0.1) is 11.3 Å². The third-order valence-corrected chi connectivity index (χ3v) is 11.0. The van der Waals surface area contributed by atoms with Crippen LogP contribution in [0.3, 0.4) is 0 Å². The number of halogens is 2. The molecule has 1 unspecified atom stereocenters. The van der Waals surface area contributed by atoms with E-state index < -0.39 is 33.5 Å². The van der Waals surface area contributed by atoms with Crippen LogP contribution in [0.5, 0.6) is 0 Å². The van der Waals surface area contributed by atoms with E-state index in [1.807, 2.05) is 49.1 Å². The van der Waals surface area contributed by atoms with Gasteiger partial charge in [0.25, 0.3) is 0 Å². The fraction of sp³-hybridized carbons (Fsp3) is 0.517. The molecule has 7 nitrogen and oxygen atoms in total.